The van der Waals surface area contributed by atoms with Crippen molar-refractivity contribution in [3.05, 3.63) is 75.0 Å². The number of nitrogens with zero attached hydrogens (tertiary/aromatic N) is 6. The van der Waals surface area contributed by atoms with Gasteiger partial charge < -0.3 is 24.6 Å². The third kappa shape index (κ3) is 4.04. The highest BCUT2D eigenvalue weighted by molar-refractivity contribution is 6.07. The highest BCUT2D eigenvalue weighted by Gasteiger charge is 2.31. The summed E-state index contributed by atoms with van der Waals surface area (Å²) in [6, 6.07) is 11.2. The lowest BCUT2D eigenvalue weighted by molar-refractivity contribution is 0.0801. The van der Waals surface area contributed by atoms with Crippen LogP contribution in [-0.2, 0) is 50.9 Å². The summed E-state index contributed by atoms with van der Waals surface area (Å²) < 4.78 is 10.8. The number of aromatic nitrogens is 5. The van der Waals surface area contributed by atoms with Crippen LogP contribution in [0.3, 0.4) is 0 Å². The topological polar surface area (TPSA) is 119 Å². The summed E-state index contributed by atoms with van der Waals surface area (Å²) in [5, 5.41) is 22.7. The average molecular weight is 542 g/mol. The van der Waals surface area contributed by atoms with Gasteiger partial charge in [0.1, 0.15) is 11.4 Å². The highest BCUT2D eigenvalue weighted by Crippen LogP contribution is 2.35. The Morgan fingerprint density at radius 3 is 2.77 bits per heavy atom. The number of benzene rings is 1. The summed E-state index contributed by atoms with van der Waals surface area (Å²) in [5.41, 5.74) is 6.66. The highest BCUT2D eigenvalue weighted by atomic mass is 16.5. The van der Waals surface area contributed by atoms with E-state index in [1.165, 1.54) is 15.9 Å². The van der Waals surface area contributed by atoms with Crippen molar-refractivity contribution in [3.63, 3.8) is 0 Å². The molecule has 4 aromatic rings. The van der Waals surface area contributed by atoms with E-state index >= 15 is 0 Å². The normalized spacial score (nSPS) is 16.4. The van der Waals surface area contributed by atoms with Gasteiger partial charge in [-0.15, -0.1) is 0 Å². The van der Waals surface area contributed by atoms with Crippen LogP contribution in [0.2, 0.25) is 0 Å². The van der Waals surface area contributed by atoms with Crippen molar-refractivity contribution in [1.82, 2.24) is 24.1 Å². The Morgan fingerprint density at radius 2 is 1.93 bits per heavy atom. The molecular formula is C29H31N7O4. The van der Waals surface area contributed by atoms with Crippen molar-refractivity contribution < 1.29 is 14.6 Å². The van der Waals surface area contributed by atoms with E-state index in [1.807, 2.05) is 28.9 Å². The van der Waals surface area contributed by atoms with E-state index < -0.39 is 0 Å². The predicted molar refractivity (Wildman–Crippen MR) is 149 cm³/mol. The van der Waals surface area contributed by atoms with Gasteiger partial charge in [-0.1, -0.05) is 12.1 Å². The number of rotatable bonds is 5. The number of hydrogen-bond donors (Lipinski definition) is 2. The van der Waals surface area contributed by atoms with Crippen LogP contribution >= 0.6 is 0 Å². The third-order valence-corrected chi connectivity index (χ3v) is 8.18. The van der Waals surface area contributed by atoms with Crippen molar-refractivity contribution in [2.75, 3.05) is 23.4 Å². The lowest BCUT2D eigenvalue weighted by atomic mass is 9.98. The van der Waals surface area contributed by atoms with Crippen LogP contribution in [0.4, 0.5) is 17.2 Å². The lowest BCUT2D eigenvalue weighted by Crippen LogP contribution is -2.41. The number of ether oxygens (including phenoxy) is 1. The zero-order valence-corrected chi connectivity index (χ0v) is 22.4. The monoisotopic (exact) mass is 541 g/mol. The Labute approximate surface area is 230 Å². The van der Waals surface area contributed by atoms with E-state index in [2.05, 4.69) is 26.1 Å². The van der Waals surface area contributed by atoms with Gasteiger partial charge in [-0.25, -0.2) is 4.68 Å². The fraction of sp³-hybridized carbons (Fsp3) is 0.379. The molecule has 1 amide bonds. The van der Waals surface area contributed by atoms with E-state index in [0.29, 0.717) is 66.0 Å². The number of fused-ring (bicyclic) bond motifs is 4. The quantitative estimate of drug-likeness (QED) is 0.399. The maximum atomic E-state index is 13.7. The number of nitrogens with one attached hydrogen (secondary N) is 1. The molecule has 11 heteroatoms. The van der Waals surface area contributed by atoms with Gasteiger partial charge >= 0.3 is 0 Å². The summed E-state index contributed by atoms with van der Waals surface area (Å²) in [6.45, 7) is 2.69. The summed E-state index contributed by atoms with van der Waals surface area (Å²) in [7, 11) is 1.59. The standard InChI is InChI=1S/C29H31N7O4/c1-33-28(38)23(30-27-14-19-17-40-12-11-36(19)32-27)15-22(31-33)20-6-4-8-25(21(20)16-37)35-10-9-34-24-7-3-2-5-18(24)13-26(34)29(35)39/h4,6,8,13-15,37H,2-3,5,7,9-12,16-17H2,1H3,(H,30,32). The molecule has 0 saturated carbocycles. The van der Waals surface area contributed by atoms with Crippen LogP contribution < -0.4 is 15.8 Å². The van der Waals surface area contributed by atoms with E-state index in [4.69, 9.17) is 4.74 Å². The molecule has 0 unspecified atom stereocenters. The summed E-state index contributed by atoms with van der Waals surface area (Å²) in [4.78, 5) is 28.5. The molecule has 3 aliphatic rings. The van der Waals surface area contributed by atoms with Gasteiger partial charge in [0.05, 0.1) is 43.4 Å². The summed E-state index contributed by atoms with van der Waals surface area (Å²) in [6.07, 6.45) is 4.35. The Morgan fingerprint density at radius 1 is 1.05 bits per heavy atom. The van der Waals surface area contributed by atoms with Gasteiger partial charge in [-0.3, -0.25) is 14.3 Å². The molecule has 0 bridgehead atoms. The molecule has 0 spiro atoms. The van der Waals surface area contributed by atoms with Crippen molar-refractivity contribution in [1.29, 1.82) is 0 Å². The van der Waals surface area contributed by atoms with Crippen LogP contribution in [0.15, 0.2) is 41.2 Å². The molecule has 1 aromatic carbocycles. The molecular weight excluding hydrogens is 510 g/mol. The zero-order chi connectivity index (χ0) is 27.4. The van der Waals surface area contributed by atoms with E-state index in [9.17, 15) is 14.7 Å². The predicted octanol–water partition coefficient (Wildman–Crippen LogP) is 2.75. The molecule has 1 aliphatic carbocycles. The molecule has 5 heterocycles. The molecule has 0 radical (unpaired) electrons. The Kier molecular flexibility index (Phi) is 6.05. The molecule has 0 atom stereocenters. The molecule has 11 nitrogen and oxygen atoms in total. The SMILES string of the molecule is Cn1nc(-c2cccc(N3CCn4c(cc5c4CCCC5)C3=O)c2CO)cc(Nc2cc3n(n2)CCOC3)c1=O. The number of aliphatic hydroxyl groups excluding tert-OH is 1. The van der Waals surface area contributed by atoms with E-state index in [-0.39, 0.29) is 18.1 Å². The number of carbonyl (C=O) groups is 1. The van der Waals surface area contributed by atoms with Crippen molar-refractivity contribution in [3.8, 4) is 11.3 Å². The largest absolute Gasteiger partial charge is 0.392 e. The second kappa shape index (κ2) is 9.76. The lowest BCUT2D eigenvalue weighted by Gasteiger charge is -2.31. The molecule has 7 rings (SSSR count). The third-order valence-electron chi connectivity index (χ3n) is 8.18. The first kappa shape index (κ1) is 24.8. The molecule has 40 heavy (non-hydrogen) atoms. The molecule has 3 aromatic heterocycles. The number of aryl methyl sites for hydroxylation is 2. The van der Waals surface area contributed by atoms with E-state index in [0.717, 1.165) is 37.9 Å². The smallest absolute Gasteiger partial charge is 0.290 e. The first-order valence-electron chi connectivity index (χ1n) is 13.8. The molecule has 0 fully saturated rings. The fourth-order valence-corrected chi connectivity index (χ4v) is 6.22. The van der Waals surface area contributed by atoms with Crippen LogP contribution in [-0.4, -0.2) is 48.3 Å². The number of hydrogen-bond acceptors (Lipinski definition) is 7. The van der Waals surface area contributed by atoms with Crippen molar-refractivity contribution in [2.24, 2.45) is 7.05 Å². The zero-order valence-electron chi connectivity index (χ0n) is 22.4. The fourth-order valence-electron chi connectivity index (χ4n) is 6.22. The Balaban J connectivity index is 1.25. The van der Waals surface area contributed by atoms with Gasteiger partial charge in [-0.05, 0) is 49.4 Å². The number of carbonyl (C=O) groups excluding carboxylic acids is 1. The second-order valence-corrected chi connectivity index (χ2v) is 10.6. The van der Waals surface area contributed by atoms with Gasteiger partial charge in [0.2, 0.25) is 0 Å². The minimum atomic E-state index is -0.302. The van der Waals surface area contributed by atoms with Crippen LogP contribution in [0.1, 0.15) is 45.8 Å². The van der Waals surface area contributed by atoms with Gasteiger partial charge in [0.15, 0.2) is 5.82 Å². The maximum absolute atomic E-state index is 13.7. The molecule has 2 N–H and O–H groups in total. The minimum absolute atomic E-state index is 0.0593. The van der Waals surface area contributed by atoms with Crippen molar-refractivity contribution >= 4 is 23.1 Å². The number of anilines is 3. The van der Waals surface area contributed by atoms with Crippen molar-refractivity contribution in [2.45, 2.75) is 52.0 Å². The molecule has 2 aliphatic heterocycles. The molecule has 0 saturated heterocycles. The molecule has 206 valence electrons. The number of amides is 1. The Hall–Kier alpha value is -4.22. The van der Waals surface area contributed by atoms with Gasteiger partial charge in [0.25, 0.3) is 11.5 Å². The first-order valence-corrected chi connectivity index (χ1v) is 13.8. The summed E-state index contributed by atoms with van der Waals surface area (Å²) in [5.74, 6) is 0.492. The van der Waals surface area contributed by atoms with Gasteiger partial charge in [-0.2, -0.15) is 10.2 Å². The summed E-state index contributed by atoms with van der Waals surface area (Å²) >= 11 is 0. The minimum Gasteiger partial charge on any atom is -0.392 e. The first-order chi connectivity index (χ1) is 19.5. The van der Waals surface area contributed by atoms with Gasteiger partial charge in [0, 0.05) is 43.0 Å². The van der Waals surface area contributed by atoms with E-state index in [1.54, 1.807) is 18.0 Å². The maximum Gasteiger partial charge on any atom is 0.290 e. The number of aliphatic hydroxyl groups is 1. The van der Waals surface area contributed by atoms with Crippen LogP contribution in [0, 0.1) is 0 Å². The average Bonchev–Trinajstić information content (AvgIpc) is 3.56. The van der Waals surface area contributed by atoms with Crippen LogP contribution in [0.5, 0.6) is 0 Å². The van der Waals surface area contributed by atoms with Crippen LogP contribution in [0.25, 0.3) is 11.3 Å². The second-order valence-electron chi connectivity index (χ2n) is 10.6. The Bertz CT molecular complexity index is 1680.